The monoisotopic (exact) mass is 480 g/mol. The molecule has 0 radical (unpaired) electrons. The average molecular weight is 481 g/mol. The first-order valence-electron chi connectivity index (χ1n) is 12.0. The number of hydrogen-bond acceptors (Lipinski definition) is 7. The molecule has 2 fully saturated rings. The van der Waals surface area contributed by atoms with E-state index < -0.39 is 17.7 Å². The van der Waals surface area contributed by atoms with Crippen LogP contribution in [-0.2, 0) is 14.3 Å². The van der Waals surface area contributed by atoms with Crippen molar-refractivity contribution in [2.75, 3.05) is 53.1 Å². The highest BCUT2D eigenvalue weighted by Gasteiger charge is 2.46. The standard InChI is InChI=1S/C27H32N2O6/c1-3-14-35-22-9-5-7-20(18-22)25(30)23-24(19-6-4-8-21(17-19)33-2)29(27(32)26(23)31)11-10-28-12-15-34-16-13-28/h4-9,17-18,24,30H,3,10-16H2,1-2H3. The zero-order valence-corrected chi connectivity index (χ0v) is 20.2. The summed E-state index contributed by atoms with van der Waals surface area (Å²) in [5.74, 6) is -0.332. The van der Waals surface area contributed by atoms with Crippen LogP contribution in [0.1, 0.15) is 30.5 Å². The molecular formula is C27H32N2O6. The molecule has 186 valence electrons. The van der Waals surface area contributed by atoms with Crippen molar-refractivity contribution in [3.05, 3.63) is 65.2 Å². The van der Waals surface area contributed by atoms with Gasteiger partial charge in [-0.25, -0.2) is 0 Å². The van der Waals surface area contributed by atoms with Gasteiger partial charge in [-0.2, -0.15) is 0 Å². The maximum atomic E-state index is 13.3. The zero-order chi connectivity index (χ0) is 24.8. The van der Waals surface area contributed by atoms with Gasteiger partial charge in [0.15, 0.2) is 0 Å². The minimum absolute atomic E-state index is 0.0675. The van der Waals surface area contributed by atoms with Crippen molar-refractivity contribution in [1.82, 2.24) is 9.80 Å². The number of morpholine rings is 1. The zero-order valence-electron chi connectivity index (χ0n) is 20.2. The molecule has 1 N–H and O–H groups in total. The number of amides is 1. The number of Topliss-reactive ketones (excluding diaryl/α,β-unsaturated/α-hetero) is 1. The van der Waals surface area contributed by atoms with E-state index in [-0.39, 0.29) is 11.3 Å². The molecule has 35 heavy (non-hydrogen) atoms. The number of aliphatic hydroxyl groups excluding tert-OH is 1. The first kappa shape index (κ1) is 24.8. The van der Waals surface area contributed by atoms with Crippen LogP contribution in [0.4, 0.5) is 0 Å². The van der Waals surface area contributed by atoms with Gasteiger partial charge in [0.2, 0.25) is 0 Å². The fourth-order valence-electron chi connectivity index (χ4n) is 4.45. The third kappa shape index (κ3) is 5.49. The minimum Gasteiger partial charge on any atom is -0.507 e. The topological polar surface area (TPSA) is 88.5 Å². The van der Waals surface area contributed by atoms with E-state index in [0.717, 1.165) is 19.5 Å². The third-order valence-electron chi connectivity index (χ3n) is 6.29. The Labute approximate surface area is 205 Å². The van der Waals surface area contributed by atoms with Gasteiger partial charge in [0, 0.05) is 31.7 Å². The number of ketones is 1. The lowest BCUT2D eigenvalue weighted by atomic mass is 9.95. The van der Waals surface area contributed by atoms with Gasteiger partial charge in [0.25, 0.3) is 11.7 Å². The molecule has 2 aromatic carbocycles. The number of methoxy groups -OCH3 is 1. The van der Waals surface area contributed by atoms with Gasteiger partial charge >= 0.3 is 0 Å². The van der Waals surface area contributed by atoms with Crippen LogP contribution in [-0.4, -0.2) is 79.7 Å². The summed E-state index contributed by atoms with van der Waals surface area (Å²) in [7, 11) is 1.57. The quantitative estimate of drug-likeness (QED) is 0.335. The van der Waals surface area contributed by atoms with Crippen LogP contribution in [0, 0.1) is 0 Å². The molecule has 4 rings (SSSR count). The SMILES string of the molecule is CCCOc1cccc(C(O)=C2C(=O)C(=O)N(CCN3CCOCC3)C2c2cccc(OC)c2)c1. The Kier molecular flexibility index (Phi) is 8.05. The summed E-state index contributed by atoms with van der Waals surface area (Å²) >= 11 is 0. The molecule has 2 aliphatic heterocycles. The Morgan fingerprint density at radius 3 is 2.54 bits per heavy atom. The molecule has 8 nitrogen and oxygen atoms in total. The summed E-state index contributed by atoms with van der Waals surface area (Å²) in [6, 6.07) is 13.5. The molecule has 1 unspecified atom stereocenters. The Bertz CT molecular complexity index is 1090. The molecule has 2 aromatic rings. The van der Waals surface area contributed by atoms with E-state index >= 15 is 0 Å². The highest BCUT2D eigenvalue weighted by Crippen LogP contribution is 2.40. The first-order chi connectivity index (χ1) is 17.0. The van der Waals surface area contributed by atoms with Crippen LogP contribution in [0.25, 0.3) is 5.76 Å². The number of nitrogens with zero attached hydrogens (tertiary/aromatic N) is 2. The number of hydrogen-bond donors (Lipinski definition) is 1. The summed E-state index contributed by atoms with van der Waals surface area (Å²) in [4.78, 5) is 30.2. The second kappa shape index (κ2) is 11.4. The van der Waals surface area contributed by atoms with Crippen LogP contribution >= 0.6 is 0 Å². The number of benzene rings is 2. The van der Waals surface area contributed by atoms with Crippen molar-refractivity contribution in [1.29, 1.82) is 0 Å². The van der Waals surface area contributed by atoms with Crippen molar-refractivity contribution in [2.24, 2.45) is 0 Å². The lowest BCUT2D eigenvalue weighted by molar-refractivity contribution is -0.140. The van der Waals surface area contributed by atoms with E-state index in [1.165, 1.54) is 0 Å². The second-order valence-electron chi connectivity index (χ2n) is 8.60. The van der Waals surface area contributed by atoms with Gasteiger partial charge in [-0.3, -0.25) is 14.5 Å². The van der Waals surface area contributed by atoms with E-state index in [9.17, 15) is 14.7 Å². The lowest BCUT2D eigenvalue weighted by Crippen LogP contribution is -2.42. The van der Waals surface area contributed by atoms with Crippen LogP contribution in [0.2, 0.25) is 0 Å². The van der Waals surface area contributed by atoms with E-state index in [1.54, 1.807) is 48.4 Å². The van der Waals surface area contributed by atoms with Crippen molar-refractivity contribution in [2.45, 2.75) is 19.4 Å². The maximum absolute atomic E-state index is 13.3. The van der Waals surface area contributed by atoms with Gasteiger partial charge in [0.1, 0.15) is 17.3 Å². The smallest absolute Gasteiger partial charge is 0.295 e. The molecule has 1 amide bonds. The van der Waals surface area contributed by atoms with E-state index in [1.807, 2.05) is 19.1 Å². The highest BCUT2D eigenvalue weighted by molar-refractivity contribution is 6.46. The predicted molar refractivity (Wildman–Crippen MR) is 131 cm³/mol. The van der Waals surface area contributed by atoms with Crippen molar-refractivity contribution >= 4 is 17.4 Å². The van der Waals surface area contributed by atoms with Gasteiger partial charge in [0.05, 0.1) is 38.5 Å². The summed E-state index contributed by atoms with van der Waals surface area (Å²) in [6.45, 7) is 6.36. The van der Waals surface area contributed by atoms with Gasteiger partial charge in [-0.1, -0.05) is 31.2 Å². The predicted octanol–water partition coefficient (Wildman–Crippen LogP) is 3.24. The van der Waals surface area contributed by atoms with Crippen molar-refractivity contribution in [3.63, 3.8) is 0 Å². The lowest BCUT2D eigenvalue weighted by Gasteiger charge is -2.31. The van der Waals surface area contributed by atoms with Gasteiger partial charge in [-0.15, -0.1) is 0 Å². The number of aliphatic hydroxyl groups is 1. The second-order valence-corrected chi connectivity index (χ2v) is 8.60. The molecule has 0 aromatic heterocycles. The summed E-state index contributed by atoms with van der Waals surface area (Å²) in [5.41, 5.74) is 1.20. The molecule has 0 saturated carbocycles. The number of ether oxygens (including phenoxy) is 3. The Hall–Kier alpha value is -3.36. The molecule has 0 spiro atoms. The Morgan fingerprint density at radius 2 is 1.80 bits per heavy atom. The molecule has 8 heteroatoms. The highest BCUT2D eigenvalue weighted by atomic mass is 16.5. The molecule has 1 atom stereocenters. The van der Waals surface area contributed by atoms with Crippen LogP contribution < -0.4 is 9.47 Å². The summed E-state index contributed by atoms with van der Waals surface area (Å²) in [5, 5.41) is 11.3. The van der Waals surface area contributed by atoms with Crippen molar-refractivity contribution in [3.8, 4) is 11.5 Å². The van der Waals surface area contributed by atoms with E-state index in [0.29, 0.717) is 55.5 Å². The van der Waals surface area contributed by atoms with Crippen LogP contribution in [0.5, 0.6) is 11.5 Å². The normalized spacial score (nSPS) is 20.3. The molecule has 0 bridgehead atoms. The van der Waals surface area contributed by atoms with E-state index in [4.69, 9.17) is 14.2 Å². The summed E-state index contributed by atoms with van der Waals surface area (Å²) in [6.07, 6.45) is 0.848. The fraction of sp³-hybridized carbons (Fsp3) is 0.407. The van der Waals surface area contributed by atoms with Crippen LogP contribution in [0.3, 0.4) is 0 Å². The molecular weight excluding hydrogens is 448 g/mol. The molecule has 0 aliphatic carbocycles. The van der Waals surface area contributed by atoms with Crippen LogP contribution in [0.15, 0.2) is 54.1 Å². The van der Waals surface area contributed by atoms with E-state index in [2.05, 4.69) is 4.90 Å². The molecule has 2 saturated heterocycles. The Balaban J connectivity index is 1.73. The fourth-order valence-corrected chi connectivity index (χ4v) is 4.45. The first-order valence-corrected chi connectivity index (χ1v) is 12.0. The number of carbonyl (C=O) groups is 2. The Morgan fingerprint density at radius 1 is 1.06 bits per heavy atom. The number of carbonyl (C=O) groups excluding carboxylic acids is 2. The average Bonchev–Trinajstić information content (AvgIpc) is 3.16. The number of likely N-dealkylation sites (tertiary alicyclic amines) is 1. The maximum Gasteiger partial charge on any atom is 0.295 e. The molecule has 2 heterocycles. The van der Waals surface area contributed by atoms with Crippen molar-refractivity contribution < 1.29 is 28.9 Å². The largest absolute Gasteiger partial charge is 0.507 e. The number of rotatable bonds is 9. The third-order valence-corrected chi connectivity index (χ3v) is 6.29. The van der Waals surface area contributed by atoms with Gasteiger partial charge in [-0.05, 0) is 36.2 Å². The van der Waals surface area contributed by atoms with Gasteiger partial charge < -0.3 is 24.2 Å². The summed E-state index contributed by atoms with van der Waals surface area (Å²) < 4.78 is 16.5. The minimum atomic E-state index is -0.730. The molecule has 2 aliphatic rings.